The van der Waals surface area contributed by atoms with Crippen molar-refractivity contribution in [1.29, 1.82) is 0 Å². The Labute approximate surface area is 728 Å². The zero-order valence-electron chi connectivity index (χ0n) is 74.7. The van der Waals surface area contributed by atoms with Gasteiger partial charge in [-0.25, -0.2) is 4.79 Å². The third kappa shape index (κ3) is 68.0. The van der Waals surface area contributed by atoms with Gasteiger partial charge in [0.25, 0.3) is 0 Å². The number of ketones is 5. The summed E-state index contributed by atoms with van der Waals surface area (Å²) >= 11 is 0. The minimum Gasteiger partial charge on any atom is -0.481 e. The van der Waals surface area contributed by atoms with Gasteiger partial charge in [-0.1, -0.05) is 213 Å². The van der Waals surface area contributed by atoms with Gasteiger partial charge in [0.05, 0.1) is 36.0 Å². The van der Waals surface area contributed by atoms with Gasteiger partial charge in [-0.2, -0.15) is 0 Å². The number of carbonyl (C=O) groups excluding carboxylic acids is 10. The van der Waals surface area contributed by atoms with Gasteiger partial charge in [0.15, 0.2) is 0 Å². The first-order chi connectivity index (χ1) is 57.7. The fourth-order valence-electron chi connectivity index (χ4n) is 14.8. The molecule has 0 saturated heterocycles. The number of carbonyl (C=O) groups is 15. The number of Topliss-reactive ketones (excluding diaryl/α,β-unsaturated/α-hetero) is 5. The van der Waals surface area contributed by atoms with Crippen molar-refractivity contribution < 1.29 is 102 Å². The van der Waals surface area contributed by atoms with E-state index >= 15 is 0 Å². The van der Waals surface area contributed by atoms with Crippen molar-refractivity contribution in [2.45, 2.75) is 443 Å². The summed E-state index contributed by atoms with van der Waals surface area (Å²) in [4.78, 5) is 186. The third-order valence-corrected chi connectivity index (χ3v) is 22.9. The van der Waals surface area contributed by atoms with Crippen LogP contribution in [0.15, 0.2) is 0 Å². The number of hydrogen-bond acceptors (Lipinski definition) is 19. The van der Waals surface area contributed by atoms with E-state index in [0.717, 1.165) is 109 Å². The number of carboxylic acid groups (broad SMARTS) is 5. The normalized spacial score (nSPS) is 13.5. The zero-order valence-corrected chi connectivity index (χ0v) is 74.7. The lowest BCUT2D eigenvalue weighted by molar-refractivity contribution is -0.145. The van der Waals surface area contributed by atoms with Crippen LogP contribution in [-0.2, 0) is 71.9 Å². The van der Waals surface area contributed by atoms with Gasteiger partial charge in [-0.3, -0.25) is 67.1 Å². The second-order valence-corrected chi connectivity index (χ2v) is 35.1. The Hall–Kier alpha value is -7.11. The van der Waals surface area contributed by atoms with E-state index in [-0.39, 0.29) is 159 Å². The van der Waals surface area contributed by atoms with Gasteiger partial charge >= 0.3 is 29.8 Å². The van der Waals surface area contributed by atoms with E-state index in [4.69, 9.17) is 33.1 Å². The first-order valence-corrected chi connectivity index (χ1v) is 46.9. The molecule has 18 N–H and O–H groups in total. The Balaban J connectivity index is -0.0000240. The number of carboxylic acids is 5. The van der Waals surface area contributed by atoms with Crippen LogP contribution in [0.4, 0.5) is 0 Å². The van der Waals surface area contributed by atoms with Crippen LogP contribution in [0.3, 0.4) is 0 Å². The largest absolute Gasteiger partial charge is 0.481 e. The van der Waals surface area contributed by atoms with Crippen molar-refractivity contribution in [3.05, 3.63) is 0 Å². The van der Waals surface area contributed by atoms with E-state index < -0.39 is 83.2 Å². The van der Waals surface area contributed by atoms with Gasteiger partial charge in [-0.05, 0) is 128 Å². The van der Waals surface area contributed by atoms with E-state index in [1.807, 2.05) is 0 Å². The summed E-state index contributed by atoms with van der Waals surface area (Å²) in [5.74, 6) is -9.88. The maximum absolute atomic E-state index is 13.8. The smallest absolute Gasteiger partial charge is 0.326 e. The molecule has 29 nitrogen and oxygen atoms in total. The molecule has 121 heavy (non-hydrogen) atoms. The molecule has 0 heterocycles. The summed E-state index contributed by atoms with van der Waals surface area (Å²) in [5.41, 5.74) is 23.9. The molecule has 0 bridgehead atoms. The van der Waals surface area contributed by atoms with Crippen molar-refractivity contribution in [2.75, 3.05) is 26.2 Å². The lowest BCUT2D eigenvalue weighted by atomic mass is 9.80. The van der Waals surface area contributed by atoms with Gasteiger partial charge in [-0.15, -0.1) is 0 Å². The van der Waals surface area contributed by atoms with Crippen molar-refractivity contribution in [2.24, 2.45) is 46.1 Å². The van der Waals surface area contributed by atoms with Crippen LogP contribution >= 0.6 is 0 Å². The summed E-state index contributed by atoms with van der Waals surface area (Å²) in [5, 5.41) is 60.8. The molecular formula is C92H171N9O20. The number of amides is 5. The minimum atomic E-state index is -1.18. The molecule has 0 saturated carbocycles. The molecule has 0 rings (SSSR count). The van der Waals surface area contributed by atoms with Crippen LogP contribution in [0, 0.1) is 23.2 Å². The lowest BCUT2D eigenvalue weighted by Gasteiger charge is -2.23. The highest BCUT2D eigenvalue weighted by atomic mass is 16.4. The Bertz CT molecular complexity index is 2950. The van der Waals surface area contributed by atoms with Crippen LogP contribution in [0.2, 0.25) is 0 Å². The molecule has 5 amide bonds. The molecule has 0 aromatic carbocycles. The quantitative estimate of drug-likeness (QED) is 0.0252. The molecule has 0 aromatic rings. The molecule has 0 unspecified atom stereocenters. The number of unbranched alkanes of at least 4 members (excludes halogenated alkanes) is 34. The summed E-state index contributed by atoms with van der Waals surface area (Å²) < 4.78 is 0. The van der Waals surface area contributed by atoms with E-state index in [0.29, 0.717) is 148 Å². The van der Waals surface area contributed by atoms with Gasteiger partial charge in [0.2, 0.25) is 29.5 Å². The molecule has 704 valence electrons. The van der Waals surface area contributed by atoms with Crippen LogP contribution in [0.5, 0.6) is 0 Å². The highest BCUT2D eigenvalue weighted by molar-refractivity contribution is 5.92. The number of nitrogens with two attached hydrogens (primary N) is 4. The summed E-state index contributed by atoms with van der Waals surface area (Å²) in [6, 6.07) is -4.14. The van der Waals surface area contributed by atoms with Crippen molar-refractivity contribution in [1.82, 2.24) is 26.6 Å². The zero-order chi connectivity index (χ0) is 90.3. The highest BCUT2D eigenvalue weighted by Gasteiger charge is 2.32. The van der Waals surface area contributed by atoms with Gasteiger partial charge in [0.1, 0.15) is 35.0 Å². The average Bonchev–Trinajstić information content (AvgIpc) is 0.862. The predicted molar refractivity (Wildman–Crippen MR) is 477 cm³/mol. The molecule has 0 aliphatic carbocycles. The fraction of sp³-hybridized carbons (Fsp3) is 0.837. The fourth-order valence-corrected chi connectivity index (χ4v) is 14.8. The number of aliphatic carboxylic acids is 5. The van der Waals surface area contributed by atoms with Crippen LogP contribution in [-0.4, -0.2) is 170 Å². The first kappa shape index (κ1) is 114. The maximum Gasteiger partial charge on any atom is 0.326 e. The Morgan fingerprint density at radius 1 is 0.264 bits per heavy atom. The van der Waals surface area contributed by atoms with E-state index in [2.05, 4.69) is 26.6 Å². The first-order valence-electron chi connectivity index (χ1n) is 46.9. The molecule has 29 heteroatoms. The molecule has 0 aliphatic rings. The van der Waals surface area contributed by atoms with Crippen molar-refractivity contribution in [3.8, 4) is 0 Å². The van der Waals surface area contributed by atoms with Crippen molar-refractivity contribution in [3.63, 3.8) is 0 Å². The Morgan fingerprint density at radius 3 is 0.959 bits per heavy atom. The van der Waals surface area contributed by atoms with Crippen LogP contribution in [0.25, 0.3) is 0 Å². The molecule has 0 fully saturated rings. The standard InChI is InChI=1S/C92H165N9O20.3H2/c1-92(2,3)81(106)68-69(46-38-42-63-98-86(113)76(95)52-33-29-34-54-79(104)74(93)50-40-44-62-97-82(107)61-58-71(90(118)119)66-73(103)49-30-24-20-16-12-8-4-6-10-14-18-22-26-36-56-84(109)110)80(105)67-70(89(116)117)47-39-43-64-99-88(115)77(96)53-41-45-65-100-87(114)75(94)51-32-28-31-48-72(102)59-60-78(91(120)121)101-83(108)55-35-25-21-17-13-9-5-7-11-15-19-23-27-37-57-85(111)112;;;/h69-71,74-78H,4-68,93-96H2,1-3H3,(H,97,107)(H,98,113)(H,99,115)(H,100,114)(H,101,108)(H,109,110)(H,111,112)(H,116,117)(H,118,119)(H,120,121);3*1H/t69-,70-,71-,74+,75+,76+,77+,78+;;;/m1.../s1. The van der Waals surface area contributed by atoms with Crippen molar-refractivity contribution >= 4 is 88.3 Å². The topological polar surface area (TPSA) is 521 Å². The average molecular weight is 1720 g/mol. The minimum absolute atomic E-state index is 0. The van der Waals surface area contributed by atoms with E-state index in [9.17, 15) is 87.2 Å². The van der Waals surface area contributed by atoms with Crippen LogP contribution < -0.4 is 49.5 Å². The third-order valence-electron chi connectivity index (χ3n) is 22.9. The molecule has 0 spiro atoms. The summed E-state index contributed by atoms with van der Waals surface area (Å²) in [6.07, 6.45) is 40.9. The predicted octanol–water partition coefficient (Wildman–Crippen LogP) is 14.9. The molecule has 0 aromatic heterocycles. The molecule has 0 aliphatic heterocycles. The molecular weight excluding hydrogens is 1550 g/mol. The van der Waals surface area contributed by atoms with E-state index in [1.54, 1.807) is 20.8 Å². The monoisotopic (exact) mass is 1720 g/mol. The van der Waals surface area contributed by atoms with Crippen LogP contribution in [0.1, 0.15) is 417 Å². The SMILES string of the molecule is CC(C)(C)C(=O)C[C@@H](CCCCNC(=O)[C@@H](N)CCCCCC(=O)[C@@H](N)CCCCNC(=O)CC[C@H](CC(=O)CCCCCCCCCCCCCCCCC(=O)O)C(=O)O)C(=O)C[C@@H](CCCCNC(=O)[C@@H](N)CCCCNC(=O)[C@@H](N)CCCCCC(=O)CC[C@H](NC(=O)CCCCCCCCCCCCCCCCC(=O)O)C(=O)O)C(=O)O.[HH].[HH].[HH]. The Kier molecular flexibility index (Phi) is 70.0. The number of hydrogen-bond donors (Lipinski definition) is 14. The lowest BCUT2D eigenvalue weighted by Crippen LogP contribution is -2.42. The summed E-state index contributed by atoms with van der Waals surface area (Å²) in [7, 11) is 0. The molecule has 8 atom stereocenters. The van der Waals surface area contributed by atoms with Gasteiger partial charge in [0, 0.05) is 112 Å². The highest BCUT2D eigenvalue weighted by Crippen LogP contribution is 2.28. The second kappa shape index (κ2) is 74.3. The number of rotatable bonds is 87. The molecule has 0 radical (unpaired) electrons. The maximum atomic E-state index is 13.8. The van der Waals surface area contributed by atoms with E-state index in [1.165, 1.54) is 64.2 Å². The van der Waals surface area contributed by atoms with Gasteiger partial charge < -0.3 is 75.1 Å². The number of nitrogens with one attached hydrogen (secondary N) is 5. The Morgan fingerprint density at radius 2 is 0.579 bits per heavy atom. The second-order valence-electron chi connectivity index (χ2n) is 35.1. The summed E-state index contributed by atoms with van der Waals surface area (Å²) in [6.45, 7) is 6.47.